The molecule has 0 saturated carbocycles. The maximum Gasteiger partial charge on any atom is 0.154 e. The van der Waals surface area contributed by atoms with E-state index in [1.54, 1.807) is 0 Å². The van der Waals surface area contributed by atoms with Crippen molar-refractivity contribution in [1.82, 2.24) is 0 Å². The Morgan fingerprint density at radius 2 is 2.00 bits per heavy atom. The van der Waals surface area contributed by atoms with E-state index in [0.29, 0.717) is 23.8 Å². The lowest BCUT2D eigenvalue weighted by molar-refractivity contribution is 0.111. The molecule has 0 aliphatic heterocycles. The van der Waals surface area contributed by atoms with E-state index in [0.717, 1.165) is 17.4 Å². The summed E-state index contributed by atoms with van der Waals surface area (Å²) in [5.41, 5.74) is 2.77. The first kappa shape index (κ1) is 11.8. The average molecular weight is 206 g/mol. The van der Waals surface area contributed by atoms with Gasteiger partial charge in [0.2, 0.25) is 0 Å². The van der Waals surface area contributed by atoms with Crippen LogP contribution < -0.4 is 4.74 Å². The zero-order valence-corrected chi connectivity index (χ0v) is 9.83. The molecule has 0 aromatic heterocycles. The molecule has 0 aliphatic rings. The first-order valence-electron chi connectivity index (χ1n) is 5.23. The summed E-state index contributed by atoms with van der Waals surface area (Å²) >= 11 is 0. The molecule has 0 amide bonds. The molecule has 0 heterocycles. The van der Waals surface area contributed by atoms with Crippen molar-refractivity contribution in [3.63, 3.8) is 0 Å². The molecule has 0 N–H and O–H groups in total. The van der Waals surface area contributed by atoms with Crippen LogP contribution in [0.4, 0.5) is 0 Å². The fourth-order valence-electron chi connectivity index (χ4n) is 1.47. The van der Waals surface area contributed by atoms with Gasteiger partial charge in [-0.3, -0.25) is 4.79 Å². The fraction of sp³-hybridized carbons (Fsp3) is 0.462. The fourth-order valence-corrected chi connectivity index (χ4v) is 1.47. The summed E-state index contributed by atoms with van der Waals surface area (Å²) in [5, 5.41) is 0. The normalized spacial score (nSPS) is 10.5. The zero-order chi connectivity index (χ0) is 11.4. The second kappa shape index (κ2) is 4.96. The number of carbonyl (C=O) groups excluding carboxylic acids is 1. The number of aryl methyl sites for hydroxylation is 2. The molecule has 0 aliphatic carbocycles. The van der Waals surface area contributed by atoms with Gasteiger partial charge in [-0.25, -0.2) is 0 Å². The van der Waals surface area contributed by atoms with E-state index in [1.165, 1.54) is 0 Å². The standard InChI is InChI=1S/C13H18O2/c1-9(2)8-15-13-6-10(3)5-11(4)12(13)7-14/h5-7,9H,8H2,1-4H3. The van der Waals surface area contributed by atoms with E-state index in [2.05, 4.69) is 13.8 Å². The third kappa shape index (κ3) is 3.08. The van der Waals surface area contributed by atoms with Gasteiger partial charge in [0.05, 0.1) is 12.2 Å². The van der Waals surface area contributed by atoms with Crippen LogP contribution in [0.25, 0.3) is 0 Å². The highest BCUT2D eigenvalue weighted by Crippen LogP contribution is 2.23. The highest BCUT2D eigenvalue weighted by molar-refractivity contribution is 5.81. The Balaban J connectivity index is 2.98. The lowest BCUT2D eigenvalue weighted by atomic mass is 10.1. The Morgan fingerprint density at radius 3 is 2.53 bits per heavy atom. The van der Waals surface area contributed by atoms with Gasteiger partial charge in [-0.1, -0.05) is 19.9 Å². The second-order valence-corrected chi connectivity index (χ2v) is 4.32. The van der Waals surface area contributed by atoms with Crippen molar-refractivity contribution in [3.8, 4) is 5.75 Å². The van der Waals surface area contributed by atoms with E-state index in [-0.39, 0.29) is 0 Å². The number of rotatable bonds is 4. The van der Waals surface area contributed by atoms with Crippen LogP contribution in [0.3, 0.4) is 0 Å². The predicted octanol–water partition coefficient (Wildman–Crippen LogP) is 3.15. The van der Waals surface area contributed by atoms with Crippen LogP contribution in [0.1, 0.15) is 35.3 Å². The molecular formula is C13H18O2. The third-order valence-corrected chi connectivity index (χ3v) is 2.18. The monoisotopic (exact) mass is 206 g/mol. The smallest absolute Gasteiger partial charge is 0.154 e. The largest absolute Gasteiger partial charge is 0.493 e. The molecule has 82 valence electrons. The van der Waals surface area contributed by atoms with Crippen LogP contribution in [0.5, 0.6) is 5.75 Å². The van der Waals surface area contributed by atoms with E-state index >= 15 is 0 Å². The Kier molecular flexibility index (Phi) is 3.89. The van der Waals surface area contributed by atoms with Crippen LogP contribution in [-0.4, -0.2) is 12.9 Å². The van der Waals surface area contributed by atoms with Crippen molar-refractivity contribution in [3.05, 3.63) is 28.8 Å². The summed E-state index contributed by atoms with van der Waals surface area (Å²) in [6.07, 6.45) is 0.866. The number of ether oxygens (including phenoxy) is 1. The molecule has 0 atom stereocenters. The highest BCUT2D eigenvalue weighted by atomic mass is 16.5. The Hall–Kier alpha value is -1.31. The maximum absolute atomic E-state index is 10.9. The van der Waals surface area contributed by atoms with Crippen molar-refractivity contribution >= 4 is 6.29 Å². The Labute approximate surface area is 91.3 Å². The van der Waals surface area contributed by atoms with Gasteiger partial charge in [0.1, 0.15) is 5.75 Å². The maximum atomic E-state index is 10.9. The summed E-state index contributed by atoms with van der Waals surface area (Å²) < 4.78 is 5.62. The van der Waals surface area contributed by atoms with Crippen molar-refractivity contribution in [2.24, 2.45) is 5.92 Å². The van der Waals surface area contributed by atoms with Gasteiger partial charge in [-0.05, 0) is 37.0 Å². The molecule has 15 heavy (non-hydrogen) atoms. The molecule has 1 aromatic carbocycles. The van der Waals surface area contributed by atoms with Gasteiger partial charge in [0.25, 0.3) is 0 Å². The van der Waals surface area contributed by atoms with Gasteiger partial charge in [-0.15, -0.1) is 0 Å². The lowest BCUT2D eigenvalue weighted by Gasteiger charge is -2.13. The van der Waals surface area contributed by atoms with E-state index in [9.17, 15) is 4.79 Å². The summed E-state index contributed by atoms with van der Waals surface area (Å²) in [6.45, 7) is 8.75. The summed E-state index contributed by atoms with van der Waals surface area (Å²) in [5.74, 6) is 1.17. The molecule has 2 nitrogen and oxygen atoms in total. The molecule has 1 aromatic rings. The Morgan fingerprint density at radius 1 is 1.33 bits per heavy atom. The molecule has 0 unspecified atom stereocenters. The van der Waals surface area contributed by atoms with Crippen molar-refractivity contribution in [2.45, 2.75) is 27.7 Å². The number of hydrogen-bond acceptors (Lipinski definition) is 2. The number of hydrogen-bond donors (Lipinski definition) is 0. The van der Waals surface area contributed by atoms with Crippen molar-refractivity contribution < 1.29 is 9.53 Å². The highest BCUT2D eigenvalue weighted by Gasteiger charge is 2.07. The minimum absolute atomic E-state index is 0.463. The number of aldehydes is 1. The number of benzene rings is 1. The first-order valence-corrected chi connectivity index (χ1v) is 5.23. The average Bonchev–Trinajstić information content (AvgIpc) is 2.13. The molecule has 0 bridgehead atoms. The second-order valence-electron chi connectivity index (χ2n) is 4.32. The van der Waals surface area contributed by atoms with Crippen LogP contribution in [0, 0.1) is 19.8 Å². The summed E-state index contributed by atoms with van der Waals surface area (Å²) in [4.78, 5) is 10.9. The van der Waals surface area contributed by atoms with E-state index in [1.807, 2.05) is 26.0 Å². The SMILES string of the molecule is Cc1cc(C)c(C=O)c(OCC(C)C)c1. The molecule has 0 saturated heterocycles. The van der Waals surface area contributed by atoms with Gasteiger partial charge in [0.15, 0.2) is 6.29 Å². The van der Waals surface area contributed by atoms with Crippen LogP contribution >= 0.6 is 0 Å². The van der Waals surface area contributed by atoms with Gasteiger partial charge in [0, 0.05) is 0 Å². The van der Waals surface area contributed by atoms with Crippen LogP contribution in [0.2, 0.25) is 0 Å². The van der Waals surface area contributed by atoms with Crippen LogP contribution in [-0.2, 0) is 0 Å². The lowest BCUT2D eigenvalue weighted by Crippen LogP contribution is -2.07. The van der Waals surface area contributed by atoms with Crippen molar-refractivity contribution in [1.29, 1.82) is 0 Å². The topological polar surface area (TPSA) is 26.3 Å². The van der Waals surface area contributed by atoms with Gasteiger partial charge < -0.3 is 4.74 Å². The Bertz CT molecular complexity index is 354. The van der Waals surface area contributed by atoms with E-state index < -0.39 is 0 Å². The minimum atomic E-state index is 0.463. The molecule has 0 radical (unpaired) electrons. The predicted molar refractivity (Wildman–Crippen MR) is 61.6 cm³/mol. The van der Waals surface area contributed by atoms with E-state index in [4.69, 9.17) is 4.74 Å². The van der Waals surface area contributed by atoms with Gasteiger partial charge >= 0.3 is 0 Å². The van der Waals surface area contributed by atoms with Crippen molar-refractivity contribution in [2.75, 3.05) is 6.61 Å². The summed E-state index contributed by atoms with van der Waals surface area (Å²) in [7, 11) is 0. The van der Waals surface area contributed by atoms with Gasteiger partial charge in [-0.2, -0.15) is 0 Å². The molecule has 0 fully saturated rings. The molecular weight excluding hydrogens is 188 g/mol. The molecule has 1 rings (SSSR count). The molecule has 2 heteroatoms. The third-order valence-electron chi connectivity index (χ3n) is 2.18. The quantitative estimate of drug-likeness (QED) is 0.707. The van der Waals surface area contributed by atoms with Crippen LogP contribution in [0.15, 0.2) is 12.1 Å². The minimum Gasteiger partial charge on any atom is -0.493 e. The molecule has 0 spiro atoms. The summed E-state index contributed by atoms with van der Waals surface area (Å²) in [6, 6.07) is 3.91. The number of carbonyl (C=O) groups is 1. The first-order chi connectivity index (χ1) is 7.04. The zero-order valence-electron chi connectivity index (χ0n) is 9.83.